The highest BCUT2D eigenvalue weighted by Crippen LogP contribution is 2.34. The fraction of sp³-hybridized carbons (Fsp3) is 0.750. The molecule has 3 heteroatoms. The summed E-state index contributed by atoms with van der Waals surface area (Å²) >= 11 is 6.16. The van der Waals surface area contributed by atoms with Crippen molar-refractivity contribution in [3.63, 3.8) is 0 Å². The molecule has 15 heavy (non-hydrogen) atoms. The average molecular weight is 227 g/mol. The lowest BCUT2D eigenvalue weighted by molar-refractivity contribution is 0.406. The number of imidazole rings is 1. The van der Waals surface area contributed by atoms with Gasteiger partial charge in [-0.1, -0.05) is 30.9 Å². The number of hydrogen-bond acceptors (Lipinski definition) is 1. The van der Waals surface area contributed by atoms with Crippen molar-refractivity contribution in [3.05, 3.63) is 17.2 Å². The molecule has 0 aliphatic heterocycles. The topological polar surface area (TPSA) is 17.8 Å². The summed E-state index contributed by atoms with van der Waals surface area (Å²) in [7, 11) is 0. The van der Waals surface area contributed by atoms with E-state index in [0.29, 0.717) is 12.0 Å². The summed E-state index contributed by atoms with van der Waals surface area (Å²) < 4.78 is 2.18. The summed E-state index contributed by atoms with van der Waals surface area (Å²) in [5.74, 6) is 1.84. The molecule has 0 saturated heterocycles. The Bertz CT molecular complexity index is 324. The third kappa shape index (κ3) is 2.20. The number of rotatable bonds is 2. The highest BCUT2D eigenvalue weighted by molar-refractivity contribution is 6.29. The van der Waals surface area contributed by atoms with Crippen LogP contribution in [0.3, 0.4) is 0 Å². The Morgan fingerprint density at radius 1 is 1.33 bits per heavy atom. The molecule has 1 aromatic rings. The fourth-order valence-corrected chi connectivity index (χ4v) is 2.86. The molecule has 1 aliphatic rings. The Labute approximate surface area is 96.7 Å². The van der Waals surface area contributed by atoms with E-state index in [1.807, 2.05) is 0 Å². The van der Waals surface area contributed by atoms with Gasteiger partial charge in [-0.05, 0) is 26.7 Å². The molecule has 2 nitrogen and oxygen atoms in total. The molecule has 2 rings (SSSR count). The second kappa shape index (κ2) is 4.56. The molecule has 0 aromatic carbocycles. The van der Waals surface area contributed by atoms with Crippen molar-refractivity contribution in [2.45, 2.75) is 57.9 Å². The minimum absolute atomic E-state index is 0.414. The molecule has 84 valence electrons. The van der Waals surface area contributed by atoms with Gasteiger partial charge in [-0.2, -0.15) is 0 Å². The van der Waals surface area contributed by atoms with Gasteiger partial charge in [0.15, 0.2) is 0 Å². The summed E-state index contributed by atoms with van der Waals surface area (Å²) in [6, 6.07) is 0.414. The van der Waals surface area contributed by atoms with E-state index in [1.54, 1.807) is 6.20 Å². The van der Waals surface area contributed by atoms with Crippen LogP contribution in [0.2, 0.25) is 5.15 Å². The largest absolute Gasteiger partial charge is 0.316 e. The maximum atomic E-state index is 6.16. The Balaban J connectivity index is 2.26. The number of halogens is 1. The van der Waals surface area contributed by atoms with E-state index in [9.17, 15) is 0 Å². The van der Waals surface area contributed by atoms with Crippen LogP contribution in [0.4, 0.5) is 0 Å². The molecule has 0 amide bonds. The zero-order chi connectivity index (χ0) is 10.8. The van der Waals surface area contributed by atoms with Crippen molar-refractivity contribution in [1.82, 2.24) is 9.55 Å². The quantitative estimate of drug-likeness (QED) is 0.740. The van der Waals surface area contributed by atoms with E-state index in [0.717, 1.165) is 5.15 Å². The highest BCUT2D eigenvalue weighted by Gasteiger charge is 2.22. The Morgan fingerprint density at radius 3 is 2.60 bits per heavy atom. The van der Waals surface area contributed by atoms with Crippen molar-refractivity contribution in [2.24, 2.45) is 0 Å². The summed E-state index contributed by atoms with van der Waals surface area (Å²) in [6.45, 7) is 4.33. The molecule has 1 fully saturated rings. The Hall–Kier alpha value is -0.500. The van der Waals surface area contributed by atoms with Gasteiger partial charge in [0.1, 0.15) is 11.0 Å². The first-order valence-corrected chi connectivity index (χ1v) is 6.30. The Morgan fingerprint density at radius 2 is 2.00 bits per heavy atom. The molecular weight excluding hydrogens is 208 g/mol. The first-order chi connectivity index (χ1) is 7.20. The van der Waals surface area contributed by atoms with E-state index in [4.69, 9.17) is 11.6 Å². The van der Waals surface area contributed by atoms with Crippen molar-refractivity contribution in [1.29, 1.82) is 0 Å². The van der Waals surface area contributed by atoms with Crippen LogP contribution in [0.25, 0.3) is 0 Å². The van der Waals surface area contributed by atoms with Gasteiger partial charge in [0, 0.05) is 12.0 Å². The zero-order valence-corrected chi connectivity index (χ0v) is 10.3. The van der Waals surface area contributed by atoms with Crippen LogP contribution in [0.5, 0.6) is 0 Å². The van der Waals surface area contributed by atoms with Crippen LogP contribution in [-0.4, -0.2) is 9.55 Å². The monoisotopic (exact) mass is 226 g/mol. The number of aromatic nitrogens is 2. The second-order valence-electron chi connectivity index (χ2n) is 4.74. The first-order valence-electron chi connectivity index (χ1n) is 5.92. The molecule has 1 heterocycles. The molecule has 1 aliphatic carbocycles. The normalized spacial score (nSPS) is 18.7. The zero-order valence-electron chi connectivity index (χ0n) is 9.54. The predicted octanol–water partition coefficient (Wildman–Crippen LogP) is 4.17. The molecule has 1 saturated carbocycles. The lowest BCUT2D eigenvalue weighted by Crippen LogP contribution is -2.13. The summed E-state index contributed by atoms with van der Waals surface area (Å²) in [5.41, 5.74) is 0. The van der Waals surface area contributed by atoms with E-state index in [2.05, 4.69) is 23.4 Å². The van der Waals surface area contributed by atoms with Crippen LogP contribution in [0, 0.1) is 0 Å². The van der Waals surface area contributed by atoms with Crippen molar-refractivity contribution in [2.75, 3.05) is 0 Å². The highest BCUT2D eigenvalue weighted by atomic mass is 35.5. The lowest BCUT2D eigenvalue weighted by atomic mass is 9.88. The van der Waals surface area contributed by atoms with Gasteiger partial charge < -0.3 is 4.57 Å². The van der Waals surface area contributed by atoms with Gasteiger partial charge in [-0.3, -0.25) is 0 Å². The average Bonchev–Trinajstić information content (AvgIpc) is 2.61. The van der Waals surface area contributed by atoms with Crippen molar-refractivity contribution >= 4 is 11.6 Å². The van der Waals surface area contributed by atoms with Gasteiger partial charge in [0.05, 0.1) is 6.20 Å². The molecule has 1 aromatic heterocycles. The minimum Gasteiger partial charge on any atom is -0.316 e. The SMILES string of the molecule is CC(C)n1c(Cl)cnc1C1CCCCC1. The molecule has 0 spiro atoms. The van der Waals surface area contributed by atoms with Crippen LogP contribution in [0.1, 0.15) is 63.7 Å². The van der Waals surface area contributed by atoms with Crippen LogP contribution in [0.15, 0.2) is 6.20 Å². The molecule has 0 bridgehead atoms. The smallest absolute Gasteiger partial charge is 0.129 e. The molecule has 0 N–H and O–H groups in total. The summed E-state index contributed by atoms with van der Waals surface area (Å²) in [5, 5.41) is 0.783. The Kier molecular flexibility index (Phi) is 3.35. The van der Waals surface area contributed by atoms with Gasteiger partial charge in [-0.25, -0.2) is 4.98 Å². The summed E-state index contributed by atoms with van der Waals surface area (Å²) in [4.78, 5) is 4.49. The standard InChI is InChI=1S/C12H19ClN2/c1-9(2)15-11(13)8-14-12(15)10-6-4-3-5-7-10/h8-10H,3-7H2,1-2H3. The third-order valence-electron chi connectivity index (χ3n) is 3.27. The molecular formula is C12H19ClN2. The molecule has 0 unspecified atom stereocenters. The van der Waals surface area contributed by atoms with E-state index in [-0.39, 0.29) is 0 Å². The van der Waals surface area contributed by atoms with Crippen molar-refractivity contribution in [3.8, 4) is 0 Å². The first kappa shape index (κ1) is 11.0. The second-order valence-corrected chi connectivity index (χ2v) is 5.13. The lowest BCUT2D eigenvalue weighted by Gasteiger charge is -2.23. The molecule has 0 radical (unpaired) electrons. The summed E-state index contributed by atoms with van der Waals surface area (Å²) in [6.07, 6.45) is 8.42. The van der Waals surface area contributed by atoms with Gasteiger partial charge in [0.25, 0.3) is 0 Å². The molecule has 0 atom stereocenters. The van der Waals surface area contributed by atoms with Crippen molar-refractivity contribution < 1.29 is 0 Å². The number of hydrogen-bond donors (Lipinski definition) is 0. The minimum atomic E-state index is 0.414. The van der Waals surface area contributed by atoms with Crippen LogP contribution >= 0.6 is 11.6 Å². The van der Waals surface area contributed by atoms with Gasteiger partial charge in [-0.15, -0.1) is 0 Å². The fourth-order valence-electron chi connectivity index (χ4n) is 2.53. The third-order valence-corrected chi connectivity index (χ3v) is 3.55. The predicted molar refractivity (Wildman–Crippen MR) is 63.4 cm³/mol. The van der Waals surface area contributed by atoms with Gasteiger partial charge >= 0.3 is 0 Å². The van der Waals surface area contributed by atoms with Gasteiger partial charge in [0.2, 0.25) is 0 Å². The number of nitrogens with zero attached hydrogens (tertiary/aromatic N) is 2. The maximum Gasteiger partial charge on any atom is 0.129 e. The van der Waals surface area contributed by atoms with Crippen LogP contribution < -0.4 is 0 Å². The van der Waals surface area contributed by atoms with E-state index < -0.39 is 0 Å². The van der Waals surface area contributed by atoms with E-state index in [1.165, 1.54) is 37.9 Å². The van der Waals surface area contributed by atoms with Crippen LogP contribution in [-0.2, 0) is 0 Å². The maximum absolute atomic E-state index is 6.16. The van der Waals surface area contributed by atoms with E-state index >= 15 is 0 Å².